The van der Waals surface area contributed by atoms with Crippen molar-refractivity contribution in [1.29, 1.82) is 5.26 Å². The van der Waals surface area contributed by atoms with E-state index >= 15 is 0 Å². The summed E-state index contributed by atoms with van der Waals surface area (Å²) in [5.74, 6) is 0. The van der Waals surface area contributed by atoms with Gasteiger partial charge >= 0.3 is 0 Å². The quantitative estimate of drug-likeness (QED) is 0.638. The highest BCUT2D eigenvalue weighted by molar-refractivity contribution is 6.01. The molecule has 1 aromatic heterocycles. The minimum Gasteiger partial charge on any atom is -0.399 e. The molecule has 96 valence electrons. The van der Waals surface area contributed by atoms with E-state index in [2.05, 4.69) is 10.1 Å². The number of nitrogens with zero attached hydrogens (tertiary/aromatic N) is 2. The summed E-state index contributed by atoms with van der Waals surface area (Å²) in [5, 5.41) is 12.9. The number of nitriles is 1. The fraction of sp³-hybridized carbons (Fsp3) is 0.462. The molecule has 1 rings (SSSR count). The second kappa shape index (κ2) is 6.60. The summed E-state index contributed by atoms with van der Waals surface area (Å²) in [6.07, 6.45) is 2.31. The van der Waals surface area contributed by atoms with Crippen LogP contribution < -0.4 is 5.56 Å². The van der Waals surface area contributed by atoms with Gasteiger partial charge in [0.2, 0.25) is 0 Å². The van der Waals surface area contributed by atoms with Crippen molar-refractivity contribution >= 4 is 5.71 Å². The summed E-state index contributed by atoms with van der Waals surface area (Å²) in [5.41, 5.74) is 2.07. The number of hydrogen-bond donors (Lipinski definition) is 1. The lowest BCUT2D eigenvalue weighted by Crippen LogP contribution is -2.17. The van der Waals surface area contributed by atoms with Crippen LogP contribution in [0.2, 0.25) is 0 Å². The Morgan fingerprint density at radius 3 is 2.78 bits per heavy atom. The van der Waals surface area contributed by atoms with Crippen molar-refractivity contribution in [3.05, 3.63) is 33.2 Å². The number of nitrogens with one attached hydrogen (secondary N) is 1. The number of hydrogen-bond acceptors (Lipinski definition) is 4. The van der Waals surface area contributed by atoms with E-state index < -0.39 is 0 Å². The van der Waals surface area contributed by atoms with Gasteiger partial charge < -0.3 is 9.82 Å². The summed E-state index contributed by atoms with van der Waals surface area (Å²) in [4.78, 5) is 19.1. The maximum atomic E-state index is 11.6. The van der Waals surface area contributed by atoms with Gasteiger partial charge in [-0.2, -0.15) is 5.26 Å². The zero-order valence-electron chi connectivity index (χ0n) is 10.9. The smallest absolute Gasteiger partial charge is 0.266 e. The molecule has 18 heavy (non-hydrogen) atoms. The van der Waals surface area contributed by atoms with E-state index in [1.165, 1.54) is 7.11 Å². The Morgan fingerprint density at radius 2 is 2.28 bits per heavy atom. The molecule has 0 radical (unpaired) electrons. The maximum Gasteiger partial charge on any atom is 0.266 e. The van der Waals surface area contributed by atoms with Gasteiger partial charge in [-0.05, 0) is 18.9 Å². The van der Waals surface area contributed by atoms with Gasteiger partial charge in [-0.25, -0.2) is 0 Å². The van der Waals surface area contributed by atoms with E-state index in [1.54, 1.807) is 6.07 Å². The zero-order chi connectivity index (χ0) is 13.5. The van der Waals surface area contributed by atoms with Gasteiger partial charge in [0.1, 0.15) is 18.7 Å². The van der Waals surface area contributed by atoms with Crippen LogP contribution in [0, 0.1) is 11.3 Å². The molecule has 0 aliphatic heterocycles. The molecule has 0 aliphatic carbocycles. The summed E-state index contributed by atoms with van der Waals surface area (Å²) < 4.78 is 0. The van der Waals surface area contributed by atoms with Gasteiger partial charge in [-0.1, -0.05) is 25.4 Å². The first-order valence-electron chi connectivity index (χ1n) is 5.94. The van der Waals surface area contributed by atoms with Gasteiger partial charge in [-0.3, -0.25) is 4.79 Å². The molecular formula is C13H17N3O2. The molecule has 1 aromatic rings. The molecule has 5 heteroatoms. The first-order valence-corrected chi connectivity index (χ1v) is 5.94. The lowest BCUT2D eigenvalue weighted by atomic mass is 10.0. The molecule has 5 nitrogen and oxygen atoms in total. The Hall–Kier alpha value is -2.09. The Kier molecular flexibility index (Phi) is 5.12. The summed E-state index contributed by atoms with van der Waals surface area (Å²) >= 11 is 0. The molecule has 1 N–H and O–H groups in total. The van der Waals surface area contributed by atoms with Crippen LogP contribution in [-0.4, -0.2) is 17.8 Å². The largest absolute Gasteiger partial charge is 0.399 e. The highest BCUT2D eigenvalue weighted by atomic mass is 16.6. The Labute approximate surface area is 106 Å². The van der Waals surface area contributed by atoms with Gasteiger partial charge in [-0.15, -0.1) is 0 Å². The Bertz CT molecular complexity index is 538. The summed E-state index contributed by atoms with van der Waals surface area (Å²) in [6.45, 7) is 3.98. The highest BCUT2D eigenvalue weighted by Gasteiger charge is 2.12. The molecule has 0 spiro atoms. The number of aromatic nitrogens is 1. The van der Waals surface area contributed by atoms with Crippen molar-refractivity contribution in [2.24, 2.45) is 5.16 Å². The van der Waals surface area contributed by atoms with Gasteiger partial charge in [0, 0.05) is 11.3 Å². The van der Waals surface area contributed by atoms with Crippen molar-refractivity contribution in [3.63, 3.8) is 0 Å². The molecule has 0 unspecified atom stereocenters. The SMILES string of the molecule is CCC/C(=N/OC)c1cc(C#N)c(=O)[nH]c1CC. The van der Waals surface area contributed by atoms with Crippen LogP contribution in [0.1, 0.15) is 43.5 Å². The third-order valence-electron chi connectivity index (χ3n) is 2.60. The van der Waals surface area contributed by atoms with Crippen LogP contribution in [0.5, 0.6) is 0 Å². The number of aryl methyl sites for hydroxylation is 1. The second-order valence-electron chi connectivity index (χ2n) is 3.84. The molecular weight excluding hydrogens is 230 g/mol. The van der Waals surface area contributed by atoms with Crippen LogP contribution in [-0.2, 0) is 11.3 Å². The summed E-state index contributed by atoms with van der Waals surface area (Å²) in [6, 6.07) is 3.47. The van der Waals surface area contributed by atoms with Crippen molar-refractivity contribution < 1.29 is 4.84 Å². The number of rotatable bonds is 5. The lowest BCUT2D eigenvalue weighted by Gasteiger charge is -2.09. The predicted molar refractivity (Wildman–Crippen MR) is 69.6 cm³/mol. The number of H-pyrrole nitrogens is 1. The third kappa shape index (κ3) is 2.98. The van der Waals surface area contributed by atoms with E-state index in [1.807, 2.05) is 19.9 Å². The van der Waals surface area contributed by atoms with Crippen molar-refractivity contribution in [2.45, 2.75) is 33.1 Å². The molecule has 0 aliphatic rings. The summed E-state index contributed by atoms with van der Waals surface area (Å²) in [7, 11) is 1.48. The Morgan fingerprint density at radius 1 is 1.56 bits per heavy atom. The van der Waals surface area contributed by atoms with Crippen LogP contribution in [0.15, 0.2) is 16.0 Å². The van der Waals surface area contributed by atoms with Crippen LogP contribution >= 0.6 is 0 Å². The van der Waals surface area contributed by atoms with E-state index in [0.717, 1.165) is 29.8 Å². The lowest BCUT2D eigenvalue weighted by molar-refractivity contribution is 0.212. The molecule has 1 heterocycles. The third-order valence-corrected chi connectivity index (χ3v) is 2.60. The van der Waals surface area contributed by atoms with Crippen molar-refractivity contribution in [1.82, 2.24) is 4.98 Å². The zero-order valence-corrected chi connectivity index (χ0v) is 10.9. The number of pyridine rings is 1. The van der Waals surface area contributed by atoms with E-state index in [4.69, 9.17) is 10.1 Å². The number of oxime groups is 1. The standard InChI is InChI=1S/C13H17N3O2/c1-4-6-12(16-18-3)10-7-9(8-14)13(17)15-11(10)5-2/h7H,4-6H2,1-3H3,(H,15,17)/b16-12-. The Balaban J connectivity index is 3.41. The minimum absolute atomic E-state index is 0.0992. The fourth-order valence-corrected chi connectivity index (χ4v) is 1.76. The molecule has 0 amide bonds. The van der Waals surface area contributed by atoms with Crippen molar-refractivity contribution in [3.8, 4) is 6.07 Å². The van der Waals surface area contributed by atoms with Gasteiger partial charge in [0.15, 0.2) is 0 Å². The molecule has 0 aromatic carbocycles. The second-order valence-corrected chi connectivity index (χ2v) is 3.84. The fourth-order valence-electron chi connectivity index (χ4n) is 1.76. The minimum atomic E-state index is -0.355. The van der Waals surface area contributed by atoms with Crippen LogP contribution in [0.25, 0.3) is 0 Å². The monoisotopic (exact) mass is 247 g/mol. The van der Waals surface area contributed by atoms with E-state index in [9.17, 15) is 4.79 Å². The molecule has 0 saturated heterocycles. The maximum absolute atomic E-state index is 11.6. The van der Waals surface area contributed by atoms with Gasteiger partial charge in [0.05, 0.1) is 5.71 Å². The average molecular weight is 247 g/mol. The van der Waals surface area contributed by atoms with E-state index in [-0.39, 0.29) is 11.1 Å². The topological polar surface area (TPSA) is 78.2 Å². The first kappa shape index (κ1) is 14.0. The molecule has 0 atom stereocenters. The van der Waals surface area contributed by atoms with E-state index in [0.29, 0.717) is 6.42 Å². The molecule has 0 saturated carbocycles. The predicted octanol–water partition coefficient (Wildman–Crippen LogP) is 1.96. The average Bonchev–Trinajstić information content (AvgIpc) is 2.38. The molecule has 0 fully saturated rings. The number of aromatic amines is 1. The van der Waals surface area contributed by atoms with Crippen LogP contribution in [0.3, 0.4) is 0 Å². The van der Waals surface area contributed by atoms with Gasteiger partial charge in [0.25, 0.3) is 5.56 Å². The first-order chi connectivity index (χ1) is 8.67. The van der Waals surface area contributed by atoms with Crippen LogP contribution in [0.4, 0.5) is 0 Å². The molecule has 0 bridgehead atoms. The van der Waals surface area contributed by atoms with Crippen molar-refractivity contribution in [2.75, 3.05) is 7.11 Å². The normalized spacial score (nSPS) is 11.1. The highest BCUT2D eigenvalue weighted by Crippen LogP contribution is 2.12.